The van der Waals surface area contributed by atoms with Crippen molar-refractivity contribution in [3.05, 3.63) is 228 Å². The Balaban J connectivity index is 1.27. The third kappa shape index (κ3) is 4.83. The Kier molecular flexibility index (Phi) is 7.27. The smallest absolute Gasteiger partial charge is 0.0622 e. The molecule has 0 nitrogen and oxygen atoms in total. The molecule has 9 aromatic carbocycles. The zero-order valence-corrected chi connectivity index (χ0v) is 30.0. The van der Waals surface area contributed by atoms with Crippen molar-refractivity contribution in [3.8, 4) is 44.5 Å². The summed E-state index contributed by atoms with van der Waals surface area (Å²) >= 11 is 0. The van der Waals surface area contributed by atoms with Gasteiger partial charge in [0.15, 0.2) is 0 Å². The SMILES string of the molecule is Cc1ccc(C2(c3ccc(C)cc3)c3ccccc3-c3ccc(-c4ccc5c(-c6ccccc6)c6ccccc6c(-c6ccccc6)c5c4)cc32)cc1. The lowest BCUT2D eigenvalue weighted by Gasteiger charge is -2.34. The molecule has 0 bridgehead atoms. The fourth-order valence-electron chi connectivity index (χ4n) is 9.04. The molecule has 0 saturated heterocycles. The van der Waals surface area contributed by atoms with E-state index in [2.05, 4.69) is 208 Å². The van der Waals surface area contributed by atoms with Crippen LogP contribution in [0.15, 0.2) is 194 Å². The predicted molar refractivity (Wildman–Crippen MR) is 225 cm³/mol. The number of benzene rings is 9. The van der Waals surface area contributed by atoms with E-state index in [9.17, 15) is 0 Å². The molecule has 1 aliphatic carbocycles. The van der Waals surface area contributed by atoms with Crippen LogP contribution in [0.3, 0.4) is 0 Å². The molecule has 0 aliphatic heterocycles. The molecule has 250 valence electrons. The molecule has 0 saturated carbocycles. The highest BCUT2D eigenvalue weighted by atomic mass is 14.5. The Labute approximate surface area is 311 Å². The first-order valence-electron chi connectivity index (χ1n) is 18.6. The number of hydrogen-bond acceptors (Lipinski definition) is 0. The molecule has 0 fully saturated rings. The lowest BCUT2D eigenvalue weighted by atomic mass is 9.67. The zero-order valence-electron chi connectivity index (χ0n) is 30.0. The summed E-state index contributed by atoms with van der Waals surface area (Å²) in [7, 11) is 0. The molecule has 0 aromatic heterocycles. The second kappa shape index (κ2) is 12.3. The van der Waals surface area contributed by atoms with E-state index in [-0.39, 0.29) is 0 Å². The quantitative estimate of drug-likeness (QED) is 0.159. The Morgan fingerprint density at radius 2 is 0.755 bits per heavy atom. The van der Waals surface area contributed by atoms with Crippen molar-refractivity contribution >= 4 is 21.5 Å². The Morgan fingerprint density at radius 1 is 0.302 bits per heavy atom. The van der Waals surface area contributed by atoms with Gasteiger partial charge in [-0.05, 0) is 114 Å². The second-order valence-electron chi connectivity index (χ2n) is 14.6. The highest BCUT2D eigenvalue weighted by molar-refractivity contribution is 6.22. The van der Waals surface area contributed by atoms with Crippen LogP contribution in [0.1, 0.15) is 33.4 Å². The molecule has 10 rings (SSSR count). The molecule has 0 atom stereocenters. The predicted octanol–water partition coefficient (Wildman–Crippen LogP) is 14.0. The van der Waals surface area contributed by atoms with Crippen molar-refractivity contribution in [2.24, 2.45) is 0 Å². The molecule has 53 heavy (non-hydrogen) atoms. The maximum absolute atomic E-state index is 2.48. The molecule has 0 N–H and O–H groups in total. The summed E-state index contributed by atoms with van der Waals surface area (Å²) in [5.41, 5.74) is 17.4. The first kappa shape index (κ1) is 31.3. The van der Waals surface area contributed by atoms with Gasteiger partial charge in [-0.3, -0.25) is 0 Å². The Hall–Kier alpha value is -6.50. The Bertz CT molecular complexity index is 2760. The van der Waals surface area contributed by atoms with E-state index in [1.54, 1.807) is 0 Å². The minimum Gasteiger partial charge on any atom is -0.0622 e. The van der Waals surface area contributed by atoms with E-state index in [1.165, 1.54) is 99.4 Å². The monoisotopic (exact) mass is 674 g/mol. The minimum atomic E-state index is -0.452. The molecule has 9 aromatic rings. The van der Waals surface area contributed by atoms with Crippen molar-refractivity contribution in [2.75, 3.05) is 0 Å². The minimum absolute atomic E-state index is 0.452. The molecule has 1 aliphatic rings. The summed E-state index contributed by atoms with van der Waals surface area (Å²) in [6, 6.07) is 72.5. The van der Waals surface area contributed by atoms with Gasteiger partial charge in [0.1, 0.15) is 0 Å². The molecule has 0 radical (unpaired) electrons. The van der Waals surface area contributed by atoms with Gasteiger partial charge in [0.05, 0.1) is 5.41 Å². The van der Waals surface area contributed by atoms with Gasteiger partial charge in [-0.25, -0.2) is 0 Å². The average Bonchev–Trinajstić information content (AvgIpc) is 3.51. The lowest BCUT2D eigenvalue weighted by molar-refractivity contribution is 0.768. The van der Waals surface area contributed by atoms with Crippen LogP contribution in [0.2, 0.25) is 0 Å². The van der Waals surface area contributed by atoms with Gasteiger partial charge in [-0.15, -0.1) is 0 Å². The first-order valence-corrected chi connectivity index (χ1v) is 18.6. The number of fused-ring (bicyclic) bond motifs is 5. The van der Waals surface area contributed by atoms with E-state index in [4.69, 9.17) is 0 Å². The molecule has 0 unspecified atom stereocenters. The summed E-state index contributed by atoms with van der Waals surface area (Å²) in [5, 5.41) is 5.07. The third-order valence-corrected chi connectivity index (χ3v) is 11.5. The van der Waals surface area contributed by atoms with Gasteiger partial charge in [-0.2, -0.15) is 0 Å². The molecule has 0 heteroatoms. The third-order valence-electron chi connectivity index (χ3n) is 11.5. The summed E-state index contributed by atoms with van der Waals surface area (Å²) < 4.78 is 0. The molecule has 0 heterocycles. The van der Waals surface area contributed by atoms with E-state index in [1.807, 2.05) is 0 Å². The van der Waals surface area contributed by atoms with Crippen LogP contribution < -0.4 is 0 Å². The maximum Gasteiger partial charge on any atom is 0.0713 e. The van der Waals surface area contributed by atoms with Crippen molar-refractivity contribution in [1.29, 1.82) is 0 Å². The Morgan fingerprint density at radius 3 is 1.36 bits per heavy atom. The normalized spacial score (nSPS) is 12.9. The molecule has 0 spiro atoms. The molecular formula is C53H38. The number of rotatable bonds is 5. The van der Waals surface area contributed by atoms with Crippen molar-refractivity contribution in [2.45, 2.75) is 19.3 Å². The second-order valence-corrected chi connectivity index (χ2v) is 14.6. The van der Waals surface area contributed by atoms with Gasteiger partial charge in [-0.1, -0.05) is 193 Å². The topological polar surface area (TPSA) is 0 Å². The highest BCUT2D eigenvalue weighted by Gasteiger charge is 2.46. The van der Waals surface area contributed by atoms with Crippen LogP contribution in [-0.4, -0.2) is 0 Å². The summed E-state index contributed by atoms with van der Waals surface area (Å²) in [6.07, 6.45) is 0. The number of hydrogen-bond donors (Lipinski definition) is 0. The van der Waals surface area contributed by atoms with Crippen LogP contribution in [0.4, 0.5) is 0 Å². The molecular weight excluding hydrogens is 637 g/mol. The van der Waals surface area contributed by atoms with E-state index < -0.39 is 5.41 Å². The van der Waals surface area contributed by atoms with Gasteiger partial charge in [0.2, 0.25) is 0 Å². The van der Waals surface area contributed by atoms with Crippen LogP contribution in [0.25, 0.3) is 66.1 Å². The average molecular weight is 675 g/mol. The maximum atomic E-state index is 2.48. The van der Waals surface area contributed by atoms with Gasteiger partial charge in [0, 0.05) is 0 Å². The van der Waals surface area contributed by atoms with E-state index >= 15 is 0 Å². The first-order chi connectivity index (χ1) is 26.1. The number of aryl methyl sites for hydroxylation is 2. The van der Waals surface area contributed by atoms with Crippen molar-refractivity contribution in [1.82, 2.24) is 0 Å². The summed E-state index contributed by atoms with van der Waals surface area (Å²) in [4.78, 5) is 0. The van der Waals surface area contributed by atoms with E-state index in [0.717, 1.165) is 0 Å². The van der Waals surface area contributed by atoms with Crippen molar-refractivity contribution < 1.29 is 0 Å². The summed E-state index contributed by atoms with van der Waals surface area (Å²) in [6.45, 7) is 4.35. The lowest BCUT2D eigenvalue weighted by Crippen LogP contribution is -2.28. The van der Waals surface area contributed by atoms with Gasteiger partial charge < -0.3 is 0 Å². The fraction of sp³-hybridized carbons (Fsp3) is 0.0566. The summed E-state index contributed by atoms with van der Waals surface area (Å²) in [5.74, 6) is 0. The highest BCUT2D eigenvalue weighted by Crippen LogP contribution is 2.57. The van der Waals surface area contributed by atoms with Gasteiger partial charge >= 0.3 is 0 Å². The van der Waals surface area contributed by atoms with Crippen molar-refractivity contribution in [3.63, 3.8) is 0 Å². The van der Waals surface area contributed by atoms with Crippen LogP contribution >= 0.6 is 0 Å². The largest absolute Gasteiger partial charge is 0.0713 e. The van der Waals surface area contributed by atoms with Crippen LogP contribution in [-0.2, 0) is 5.41 Å². The van der Waals surface area contributed by atoms with E-state index in [0.29, 0.717) is 0 Å². The molecule has 0 amide bonds. The standard InChI is InChI=1S/C53H38/c1-35-21-27-41(28-22-35)53(42-29-23-36(2)24-30-42)49-20-12-11-17-43(49)44-31-25-40(34-50(44)53)39-26-32-47-48(33-39)52(38-15-7-4-8-16-38)46-19-10-9-18-45(46)51(47)37-13-5-3-6-14-37/h3-34H,1-2H3. The zero-order chi connectivity index (χ0) is 35.5. The van der Waals surface area contributed by atoms with Gasteiger partial charge in [0.25, 0.3) is 0 Å². The van der Waals surface area contributed by atoms with Crippen LogP contribution in [0.5, 0.6) is 0 Å². The fourth-order valence-corrected chi connectivity index (χ4v) is 9.04. The van der Waals surface area contributed by atoms with Crippen LogP contribution in [0, 0.1) is 13.8 Å².